The molecule has 1 atom stereocenters. The summed E-state index contributed by atoms with van der Waals surface area (Å²) in [5.41, 5.74) is 0. The average molecular weight is 207 g/mol. The molecule has 0 bridgehead atoms. The molecule has 1 fully saturated rings. The molecule has 15 heavy (non-hydrogen) atoms. The van der Waals surface area contributed by atoms with Crippen LogP contribution in [0.25, 0.3) is 0 Å². The average Bonchev–Trinajstić information content (AvgIpc) is 2.50. The van der Waals surface area contributed by atoms with Crippen LogP contribution in [-0.2, 0) is 0 Å². The lowest BCUT2D eigenvalue weighted by Crippen LogP contribution is -2.19. The molecule has 3 heteroatoms. The summed E-state index contributed by atoms with van der Waals surface area (Å²) in [7, 11) is 0. The maximum Gasteiger partial charge on any atom is 0.161 e. The van der Waals surface area contributed by atoms with Crippen molar-refractivity contribution in [2.45, 2.75) is 25.4 Å². The van der Waals surface area contributed by atoms with Crippen LogP contribution in [0.15, 0.2) is 24.3 Å². The second-order valence-electron chi connectivity index (χ2n) is 3.89. The monoisotopic (exact) mass is 207 g/mol. The number of aromatic hydroxyl groups is 1. The molecule has 2 rings (SSSR count). The quantitative estimate of drug-likeness (QED) is 0.778. The summed E-state index contributed by atoms with van der Waals surface area (Å²) in [5.74, 6) is 0.833. The summed E-state index contributed by atoms with van der Waals surface area (Å²) in [6, 6.07) is 7.15. The first-order valence-electron chi connectivity index (χ1n) is 5.51. The van der Waals surface area contributed by atoms with Crippen LogP contribution in [0.5, 0.6) is 11.5 Å². The van der Waals surface area contributed by atoms with E-state index in [0.29, 0.717) is 5.75 Å². The topological polar surface area (TPSA) is 41.5 Å². The van der Waals surface area contributed by atoms with Crippen molar-refractivity contribution in [2.24, 2.45) is 0 Å². The van der Waals surface area contributed by atoms with Crippen LogP contribution in [0.4, 0.5) is 0 Å². The Kier molecular flexibility index (Phi) is 3.45. The minimum atomic E-state index is 0.230. The van der Waals surface area contributed by atoms with E-state index in [-0.39, 0.29) is 11.9 Å². The Morgan fingerprint density at radius 1 is 1.20 bits per heavy atom. The van der Waals surface area contributed by atoms with Crippen LogP contribution in [0.1, 0.15) is 19.3 Å². The first kappa shape index (κ1) is 10.3. The van der Waals surface area contributed by atoms with Crippen LogP contribution in [0, 0.1) is 0 Å². The van der Waals surface area contributed by atoms with E-state index < -0.39 is 0 Å². The second kappa shape index (κ2) is 5.03. The number of phenols is 1. The van der Waals surface area contributed by atoms with Gasteiger partial charge >= 0.3 is 0 Å². The summed E-state index contributed by atoms with van der Waals surface area (Å²) >= 11 is 0. The smallest absolute Gasteiger partial charge is 0.161 e. The number of hydrogen-bond acceptors (Lipinski definition) is 3. The van der Waals surface area contributed by atoms with E-state index >= 15 is 0 Å². The number of para-hydroxylation sites is 2. The van der Waals surface area contributed by atoms with E-state index in [1.165, 1.54) is 0 Å². The van der Waals surface area contributed by atoms with E-state index in [9.17, 15) is 5.11 Å². The fraction of sp³-hybridized carbons (Fsp3) is 0.500. The SMILES string of the molecule is Oc1ccccc1OC1CCCNCC1. The van der Waals surface area contributed by atoms with Crippen molar-refractivity contribution >= 4 is 0 Å². The van der Waals surface area contributed by atoms with E-state index in [2.05, 4.69) is 5.32 Å². The van der Waals surface area contributed by atoms with Gasteiger partial charge < -0.3 is 15.2 Å². The highest BCUT2D eigenvalue weighted by Crippen LogP contribution is 2.27. The van der Waals surface area contributed by atoms with Gasteiger partial charge in [0.25, 0.3) is 0 Å². The highest BCUT2D eigenvalue weighted by molar-refractivity contribution is 5.38. The molecular formula is C12H17NO2. The lowest BCUT2D eigenvalue weighted by Gasteiger charge is -2.17. The van der Waals surface area contributed by atoms with Crippen LogP contribution in [0.3, 0.4) is 0 Å². The lowest BCUT2D eigenvalue weighted by molar-refractivity contribution is 0.181. The molecule has 1 aliphatic rings. The largest absolute Gasteiger partial charge is 0.504 e. The van der Waals surface area contributed by atoms with Gasteiger partial charge in [0.1, 0.15) is 6.10 Å². The molecule has 1 unspecified atom stereocenters. The van der Waals surface area contributed by atoms with Gasteiger partial charge in [-0.3, -0.25) is 0 Å². The van der Waals surface area contributed by atoms with Gasteiger partial charge in [-0.2, -0.15) is 0 Å². The summed E-state index contributed by atoms with van der Waals surface area (Å²) in [6.07, 6.45) is 3.43. The van der Waals surface area contributed by atoms with Gasteiger partial charge in [-0.1, -0.05) is 12.1 Å². The Hall–Kier alpha value is -1.22. The lowest BCUT2D eigenvalue weighted by atomic mass is 10.1. The van der Waals surface area contributed by atoms with Crippen LogP contribution < -0.4 is 10.1 Å². The molecule has 1 aromatic carbocycles. The minimum absolute atomic E-state index is 0.230. The van der Waals surface area contributed by atoms with Crippen molar-refractivity contribution in [2.75, 3.05) is 13.1 Å². The van der Waals surface area contributed by atoms with Crippen LogP contribution in [0.2, 0.25) is 0 Å². The Labute approximate surface area is 90.1 Å². The fourth-order valence-corrected chi connectivity index (χ4v) is 1.84. The maximum atomic E-state index is 9.57. The van der Waals surface area contributed by atoms with Crippen molar-refractivity contribution in [1.29, 1.82) is 0 Å². The van der Waals surface area contributed by atoms with E-state index in [0.717, 1.165) is 32.4 Å². The molecular weight excluding hydrogens is 190 g/mol. The second-order valence-corrected chi connectivity index (χ2v) is 3.89. The number of rotatable bonds is 2. The van der Waals surface area contributed by atoms with Crippen molar-refractivity contribution in [3.8, 4) is 11.5 Å². The highest BCUT2D eigenvalue weighted by atomic mass is 16.5. The van der Waals surface area contributed by atoms with E-state index in [1.54, 1.807) is 12.1 Å². The zero-order valence-electron chi connectivity index (χ0n) is 8.78. The van der Waals surface area contributed by atoms with Gasteiger partial charge in [-0.15, -0.1) is 0 Å². The Balaban J connectivity index is 1.98. The first-order valence-corrected chi connectivity index (χ1v) is 5.51. The molecule has 1 heterocycles. The molecule has 2 N–H and O–H groups in total. The predicted molar refractivity (Wildman–Crippen MR) is 59.2 cm³/mol. The number of benzene rings is 1. The summed E-state index contributed by atoms with van der Waals surface area (Å²) < 4.78 is 5.78. The van der Waals surface area contributed by atoms with Crippen molar-refractivity contribution < 1.29 is 9.84 Å². The molecule has 1 aromatic rings. The molecule has 0 aromatic heterocycles. The molecule has 0 spiro atoms. The highest BCUT2D eigenvalue weighted by Gasteiger charge is 2.14. The van der Waals surface area contributed by atoms with Gasteiger partial charge in [0.2, 0.25) is 0 Å². The van der Waals surface area contributed by atoms with Gasteiger partial charge in [0, 0.05) is 0 Å². The predicted octanol–water partition coefficient (Wildman–Crippen LogP) is 1.91. The standard InChI is InChI=1S/C12H17NO2/c14-11-5-1-2-6-12(11)15-10-4-3-8-13-9-7-10/h1-2,5-6,10,13-14H,3-4,7-9H2. The van der Waals surface area contributed by atoms with Crippen molar-refractivity contribution in [3.63, 3.8) is 0 Å². The molecule has 3 nitrogen and oxygen atoms in total. The van der Waals surface area contributed by atoms with E-state index in [1.807, 2.05) is 12.1 Å². The van der Waals surface area contributed by atoms with E-state index in [4.69, 9.17) is 4.74 Å². The Morgan fingerprint density at radius 2 is 2.07 bits per heavy atom. The Morgan fingerprint density at radius 3 is 2.93 bits per heavy atom. The first-order chi connectivity index (χ1) is 7.36. The van der Waals surface area contributed by atoms with Gasteiger partial charge in [-0.05, 0) is 44.5 Å². The molecule has 0 amide bonds. The minimum Gasteiger partial charge on any atom is -0.504 e. The van der Waals surface area contributed by atoms with Crippen molar-refractivity contribution in [3.05, 3.63) is 24.3 Å². The summed E-state index contributed by atoms with van der Waals surface area (Å²) in [4.78, 5) is 0. The zero-order valence-corrected chi connectivity index (χ0v) is 8.78. The van der Waals surface area contributed by atoms with Crippen LogP contribution >= 0.6 is 0 Å². The van der Waals surface area contributed by atoms with Crippen LogP contribution in [-0.4, -0.2) is 24.3 Å². The molecule has 0 aliphatic carbocycles. The number of hydrogen-bond donors (Lipinski definition) is 2. The van der Waals surface area contributed by atoms with Gasteiger partial charge in [0.05, 0.1) is 0 Å². The molecule has 1 aliphatic heterocycles. The fourth-order valence-electron chi connectivity index (χ4n) is 1.84. The third-order valence-electron chi connectivity index (χ3n) is 2.68. The third-order valence-corrected chi connectivity index (χ3v) is 2.68. The normalized spacial score (nSPS) is 22.0. The molecule has 82 valence electrons. The number of ether oxygens (including phenoxy) is 1. The molecule has 0 saturated carbocycles. The Bertz CT molecular complexity index is 306. The summed E-state index contributed by atoms with van der Waals surface area (Å²) in [6.45, 7) is 2.07. The maximum absolute atomic E-state index is 9.57. The number of nitrogens with one attached hydrogen (secondary N) is 1. The third kappa shape index (κ3) is 2.86. The number of phenolic OH excluding ortho intramolecular Hbond substituents is 1. The van der Waals surface area contributed by atoms with Gasteiger partial charge in [-0.25, -0.2) is 0 Å². The van der Waals surface area contributed by atoms with Crippen molar-refractivity contribution in [1.82, 2.24) is 5.32 Å². The summed E-state index contributed by atoms with van der Waals surface area (Å²) in [5, 5.41) is 12.9. The zero-order chi connectivity index (χ0) is 10.5. The van der Waals surface area contributed by atoms with Gasteiger partial charge in [0.15, 0.2) is 11.5 Å². The molecule has 1 saturated heterocycles. The molecule has 0 radical (unpaired) electrons.